The third-order valence-corrected chi connectivity index (χ3v) is 14.5. The number of amides is 6. The summed E-state index contributed by atoms with van der Waals surface area (Å²) >= 11 is 0. The lowest BCUT2D eigenvalue weighted by molar-refractivity contribution is -0.139. The van der Waals surface area contributed by atoms with E-state index in [1.165, 1.54) is 13.8 Å². The van der Waals surface area contributed by atoms with Gasteiger partial charge in [0.05, 0.1) is 36.8 Å². The molecule has 3 unspecified atom stereocenters. The van der Waals surface area contributed by atoms with Gasteiger partial charge in [-0.15, -0.1) is 0 Å². The maximum absolute atomic E-state index is 14.5. The van der Waals surface area contributed by atoms with Crippen molar-refractivity contribution in [3.8, 4) is 0 Å². The number of carbonyl (C=O) groups is 10. The van der Waals surface area contributed by atoms with Gasteiger partial charge in [0.15, 0.2) is 17.3 Å². The first-order chi connectivity index (χ1) is 36.5. The van der Waals surface area contributed by atoms with Gasteiger partial charge in [0, 0.05) is 50.0 Å². The molecule has 0 spiro atoms. The van der Waals surface area contributed by atoms with Crippen LogP contribution in [-0.4, -0.2) is 160 Å². The number of ketones is 4. The highest BCUT2D eigenvalue weighted by molar-refractivity contribution is 5.99. The average Bonchev–Trinajstić information content (AvgIpc) is 3.39. The molecule has 1 heterocycles. The molecule has 12 atom stereocenters. The molecule has 1 aliphatic heterocycles. The van der Waals surface area contributed by atoms with Crippen molar-refractivity contribution in [2.75, 3.05) is 32.8 Å². The molecule has 2 fully saturated rings. The number of nitrogens with one attached hydrogen (secondary N) is 6. The predicted octanol–water partition coefficient (Wildman–Crippen LogP) is -1.74. The van der Waals surface area contributed by atoms with E-state index in [1.54, 1.807) is 30.3 Å². The molecule has 1 aliphatic carbocycles. The van der Waals surface area contributed by atoms with Crippen LogP contribution in [0.1, 0.15) is 123 Å². The van der Waals surface area contributed by atoms with E-state index < -0.39 is 163 Å². The number of aliphatic hydroxyl groups excluding tert-OH is 4. The third-order valence-electron chi connectivity index (χ3n) is 14.5. The zero-order valence-corrected chi connectivity index (χ0v) is 45.2. The van der Waals surface area contributed by atoms with Gasteiger partial charge in [0.25, 0.3) is 0 Å². The standard InChI is InChI=1S/C54H87N9O14/c1-30(2)23-42-53(76)61-41(17-21-57)52(75)60-40(16-20-56)45(69)28-38(31(3)65)51(74)58-22-18-35(49(72)59-39(15-19-55)44(68)26-36(50(73)62-42)24-33-11-7-5-8-12-33)25-43(67)37(29-64)27-46(70)47(32(4)66)63-54(77)48(71)34-13-9-6-10-14-34/h5,7-8,11-12,30-32,34-42,47-48,64-66,71H,6,9-10,13-29,55-57H2,1-4H3,(H,58,74)(H,59,72)(H,60,75)(H,61,76)(H,62,73)(H,63,77)/t31?,32?,35-,36+,37-,38+,39+,40+,41+,42+,47+,48?/m1/s1. The van der Waals surface area contributed by atoms with E-state index in [1.807, 2.05) is 13.8 Å². The van der Waals surface area contributed by atoms with E-state index in [4.69, 9.17) is 17.2 Å². The van der Waals surface area contributed by atoms with Crippen molar-refractivity contribution in [3.05, 3.63) is 35.9 Å². The van der Waals surface area contributed by atoms with Gasteiger partial charge in [0.2, 0.25) is 35.4 Å². The smallest absolute Gasteiger partial charge is 0.249 e. The summed E-state index contributed by atoms with van der Waals surface area (Å²) in [6.07, 6.45) is -3.49. The molecule has 0 aromatic heterocycles. The normalized spacial score (nSPS) is 25.5. The topological polar surface area (TPSA) is 402 Å². The fraction of sp³-hybridized carbons (Fsp3) is 0.704. The van der Waals surface area contributed by atoms with Crippen LogP contribution < -0.4 is 49.1 Å². The Kier molecular flexibility index (Phi) is 28.7. The maximum Gasteiger partial charge on any atom is 0.249 e. The van der Waals surface area contributed by atoms with Crippen LogP contribution in [-0.2, 0) is 54.4 Å². The van der Waals surface area contributed by atoms with Crippen LogP contribution in [0.2, 0.25) is 0 Å². The second kappa shape index (κ2) is 33.7. The van der Waals surface area contributed by atoms with Gasteiger partial charge in [-0.25, -0.2) is 0 Å². The van der Waals surface area contributed by atoms with Crippen molar-refractivity contribution < 1.29 is 68.4 Å². The van der Waals surface area contributed by atoms with Crippen molar-refractivity contribution in [1.29, 1.82) is 0 Å². The number of carbonyl (C=O) groups excluding carboxylic acids is 10. The van der Waals surface area contributed by atoms with Crippen LogP contribution in [0.3, 0.4) is 0 Å². The fourth-order valence-electron chi connectivity index (χ4n) is 9.86. The van der Waals surface area contributed by atoms with Gasteiger partial charge in [-0.1, -0.05) is 63.4 Å². The molecule has 432 valence electrons. The second-order valence-corrected chi connectivity index (χ2v) is 21.2. The highest BCUT2D eigenvalue weighted by atomic mass is 16.3. The summed E-state index contributed by atoms with van der Waals surface area (Å²) in [5.41, 5.74) is 18.4. The molecule has 1 aromatic carbocycles. The molecule has 16 N–H and O–H groups in total. The molecule has 23 heteroatoms. The number of hydrogen-bond acceptors (Lipinski definition) is 17. The Bertz CT molecular complexity index is 2120. The van der Waals surface area contributed by atoms with Crippen molar-refractivity contribution in [2.24, 2.45) is 52.7 Å². The molecule has 0 radical (unpaired) electrons. The van der Waals surface area contributed by atoms with Crippen LogP contribution in [0.4, 0.5) is 0 Å². The molecule has 1 aromatic rings. The third kappa shape index (κ3) is 21.7. The molecule has 6 amide bonds. The monoisotopic (exact) mass is 1090 g/mol. The number of benzene rings is 1. The van der Waals surface area contributed by atoms with E-state index in [0.29, 0.717) is 18.4 Å². The van der Waals surface area contributed by atoms with Crippen molar-refractivity contribution in [1.82, 2.24) is 31.9 Å². The van der Waals surface area contributed by atoms with E-state index >= 15 is 0 Å². The van der Waals surface area contributed by atoms with Crippen LogP contribution in [0.5, 0.6) is 0 Å². The van der Waals surface area contributed by atoms with Gasteiger partial charge in [-0.3, -0.25) is 47.9 Å². The minimum Gasteiger partial charge on any atom is -0.396 e. The largest absolute Gasteiger partial charge is 0.396 e. The Hall–Kier alpha value is -5.56. The fourth-order valence-corrected chi connectivity index (χ4v) is 9.86. The van der Waals surface area contributed by atoms with Gasteiger partial charge in [-0.2, -0.15) is 0 Å². The average molecular weight is 1090 g/mol. The molecule has 1 saturated carbocycles. The highest BCUT2D eigenvalue weighted by Gasteiger charge is 2.38. The lowest BCUT2D eigenvalue weighted by Gasteiger charge is -2.28. The van der Waals surface area contributed by atoms with E-state index in [-0.39, 0.29) is 76.5 Å². The predicted molar refractivity (Wildman–Crippen MR) is 283 cm³/mol. The number of nitrogens with two attached hydrogens (primary N) is 3. The number of aliphatic hydroxyl groups is 4. The Morgan fingerprint density at radius 3 is 1.74 bits per heavy atom. The number of hydrogen-bond donors (Lipinski definition) is 13. The lowest BCUT2D eigenvalue weighted by Crippen LogP contribution is -2.57. The van der Waals surface area contributed by atoms with E-state index in [0.717, 1.165) is 19.3 Å². The zero-order valence-electron chi connectivity index (χ0n) is 45.2. The summed E-state index contributed by atoms with van der Waals surface area (Å²) in [6.45, 7) is 4.60. The molecule has 77 heavy (non-hydrogen) atoms. The second-order valence-electron chi connectivity index (χ2n) is 21.2. The summed E-state index contributed by atoms with van der Waals surface area (Å²) in [5.74, 6) is -13.7. The zero-order chi connectivity index (χ0) is 57.4. The Morgan fingerprint density at radius 2 is 1.18 bits per heavy atom. The summed E-state index contributed by atoms with van der Waals surface area (Å²) < 4.78 is 0. The minimum absolute atomic E-state index is 0.0126. The number of rotatable bonds is 22. The van der Waals surface area contributed by atoms with Crippen LogP contribution >= 0.6 is 0 Å². The molecule has 3 rings (SSSR count). The minimum atomic E-state index is -1.57. The Morgan fingerprint density at radius 1 is 0.649 bits per heavy atom. The van der Waals surface area contributed by atoms with E-state index in [9.17, 15) is 68.4 Å². The first kappa shape index (κ1) is 65.7. The molecule has 1 saturated heterocycles. The van der Waals surface area contributed by atoms with Crippen molar-refractivity contribution >= 4 is 58.6 Å². The summed E-state index contributed by atoms with van der Waals surface area (Å²) in [6, 6.07) is 2.04. The van der Waals surface area contributed by atoms with Gasteiger partial charge in [-0.05, 0) is 102 Å². The molecular weight excluding hydrogens is 999 g/mol. The van der Waals surface area contributed by atoms with Crippen molar-refractivity contribution in [2.45, 2.75) is 173 Å². The van der Waals surface area contributed by atoms with E-state index in [2.05, 4.69) is 31.9 Å². The summed E-state index contributed by atoms with van der Waals surface area (Å²) in [4.78, 5) is 140. The molecule has 0 bridgehead atoms. The summed E-state index contributed by atoms with van der Waals surface area (Å²) in [5, 5.41) is 58.4. The first-order valence-corrected chi connectivity index (χ1v) is 27.2. The van der Waals surface area contributed by atoms with Crippen LogP contribution in [0.15, 0.2) is 30.3 Å². The van der Waals surface area contributed by atoms with Gasteiger partial charge < -0.3 is 69.5 Å². The molecule has 23 nitrogen and oxygen atoms in total. The number of Topliss-reactive ketones (excluding diaryl/α,β-unsaturated/α-hetero) is 4. The maximum atomic E-state index is 14.5. The SMILES string of the molecule is CC(C)C[C@@H]1NC(=O)[C@@H](Cc2ccccc2)CC(=O)[C@H](CCN)NC(=O)[C@@H](CC(=O)[C@@H](CO)CC(=O)[C@@H](NC(=O)C(O)C2CCCCC2)C(C)O)CCNC(=O)[C@H](C(C)O)CC(=O)[C@H](CCN)NC(=O)[C@H](CCN)NC1=O. The Labute approximate surface area is 451 Å². The lowest BCUT2D eigenvalue weighted by atomic mass is 9.84. The van der Waals surface area contributed by atoms with Crippen molar-refractivity contribution in [3.63, 3.8) is 0 Å². The summed E-state index contributed by atoms with van der Waals surface area (Å²) in [7, 11) is 0. The quantitative estimate of drug-likeness (QED) is 0.0613. The van der Waals surface area contributed by atoms with Crippen LogP contribution in [0.25, 0.3) is 0 Å². The van der Waals surface area contributed by atoms with Gasteiger partial charge >= 0.3 is 0 Å². The highest BCUT2D eigenvalue weighted by Crippen LogP contribution is 2.27. The van der Waals surface area contributed by atoms with Gasteiger partial charge in [0.1, 0.15) is 30.0 Å². The Balaban J connectivity index is 2.07. The van der Waals surface area contributed by atoms with Crippen LogP contribution in [0, 0.1) is 35.5 Å². The first-order valence-electron chi connectivity index (χ1n) is 27.2. The molecule has 2 aliphatic rings. The molecular formula is C54H87N9O14.